The van der Waals surface area contributed by atoms with Crippen LogP contribution >= 0.6 is 0 Å². The number of methoxy groups -OCH3 is 2. The van der Waals surface area contributed by atoms with E-state index >= 15 is 0 Å². The molecule has 2 rings (SSSR count). The number of nitrogens with zero attached hydrogens (tertiary/aromatic N) is 1. The van der Waals surface area contributed by atoms with Crippen molar-refractivity contribution in [1.82, 2.24) is 5.43 Å². The molecule has 0 aromatic heterocycles. The number of carbonyl (C=O) groups excluding carboxylic acids is 2. The monoisotopic (exact) mass is 359 g/mol. The van der Waals surface area contributed by atoms with Crippen LogP contribution in [0.3, 0.4) is 0 Å². The fourth-order valence-corrected chi connectivity index (χ4v) is 2.02. The molecule has 2 N–H and O–H groups in total. The van der Waals surface area contributed by atoms with Gasteiger partial charge in [-0.2, -0.15) is 5.10 Å². The number of hydrogen-bond acceptors (Lipinski definition) is 5. The van der Waals surface area contributed by atoms with E-state index in [4.69, 9.17) is 9.47 Å². The Bertz CT molecular complexity index is 807. The average molecular weight is 359 g/mol. The van der Waals surface area contributed by atoms with E-state index in [0.717, 1.165) is 0 Å². The second-order valence-electron chi connectivity index (χ2n) is 5.13. The molecule has 2 amide bonds. The Balaban J connectivity index is 1.87. The summed E-state index contributed by atoms with van der Waals surface area (Å²) in [5.41, 5.74) is 3.29. The van der Waals surface area contributed by atoms with Gasteiger partial charge in [0.25, 0.3) is 0 Å². The van der Waals surface area contributed by atoms with Gasteiger partial charge in [-0.05, 0) is 36.4 Å². The van der Waals surface area contributed by atoms with E-state index in [0.29, 0.717) is 22.7 Å². The number of carbonyl (C=O) groups is 2. The van der Waals surface area contributed by atoms with Crippen molar-refractivity contribution in [1.29, 1.82) is 0 Å². The first-order chi connectivity index (χ1) is 12.5. The lowest BCUT2D eigenvalue weighted by Gasteiger charge is -2.07. The van der Waals surface area contributed by atoms with Crippen molar-refractivity contribution in [2.75, 3.05) is 19.5 Å². The molecule has 0 atom stereocenters. The van der Waals surface area contributed by atoms with E-state index < -0.39 is 24.1 Å². The largest absolute Gasteiger partial charge is 0.497 e. The molecule has 7 nitrogen and oxygen atoms in total. The molecule has 8 heteroatoms. The molecule has 0 bridgehead atoms. The maximum Gasteiger partial charge on any atom is 0.249 e. The average Bonchev–Trinajstić information content (AvgIpc) is 2.63. The standard InChI is InChI=1S/C18H18FN3O4/c1-25-15-8-3-12(16(9-15)26-2)11-20-22-18(24)10-17(23)21-14-6-4-13(19)5-7-14/h3-9,11H,10H2,1-2H3,(H,21,23)(H,22,24). The minimum Gasteiger partial charge on any atom is -0.497 e. The van der Waals surface area contributed by atoms with Crippen LogP contribution in [0.2, 0.25) is 0 Å². The van der Waals surface area contributed by atoms with Crippen molar-refractivity contribution in [2.24, 2.45) is 5.10 Å². The number of hydrazone groups is 1. The van der Waals surface area contributed by atoms with Gasteiger partial charge in [-0.25, -0.2) is 9.82 Å². The molecule has 0 radical (unpaired) electrons. The highest BCUT2D eigenvalue weighted by atomic mass is 19.1. The fourth-order valence-electron chi connectivity index (χ4n) is 2.02. The van der Waals surface area contributed by atoms with Crippen LogP contribution in [-0.4, -0.2) is 32.2 Å². The van der Waals surface area contributed by atoms with Gasteiger partial charge in [0.2, 0.25) is 11.8 Å². The summed E-state index contributed by atoms with van der Waals surface area (Å²) in [6.45, 7) is 0. The van der Waals surface area contributed by atoms with Crippen molar-refractivity contribution in [3.63, 3.8) is 0 Å². The molecule has 0 saturated carbocycles. The SMILES string of the molecule is COc1ccc(C=NNC(=O)CC(=O)Nc2ccc(F)cc2)c(OC)c1. The minimum absolute atomic E-state index is 0.399. The van der Waals surface area contributed by atoms with Gasteiger partial charge in [0, 0.05) is 17.3 Å². The highest BCUT2D eigenvalue weighted by Gasteiger charge is 2.09. The van der Waals surface area contributed by atoms with Crippen molar-refractivity contribution in [2.45, 2.75) is 6.42 Å². The van der Waals surface area contributed by atoms with Crippen molar-refractivity contribution >= 4 is 23.7 Å². The lowest BCUT2D eigenvalue weighted by Crippen LogP contribution is -2.24. The van der Waals surface area contributed by atoms with E-state index in [1.54, 1.807) is 25.3 Å². The summed E-state index contributed by atoms with van der Waals surface area (Å²) >= 11 is 0. The Morgan fingerprint density at radius 2 is 1.81 bits per heavy atom. The zero-order chi connectivity index (χ0) is 18.9. The summed E-state index contributed by atoms with van der Waals surface area (Å²) in [4.78, 5) is 23.5. The van der Waals surface area contributed by atoms with Crippen molar-refractivity contribution in [3.8, 4) is 11.5 Å². The Labute approximate surface area is 149 Å². The number of anilines is 1. The number of ether oxygens (including phenoxy) is 2. The predicted molar refractivity (Wildman–Crippen MR) is 94.9 cm³/mol. The highest BCUT2D eigenvalue weighted by Crippen LogP contribution is 2.22. The second kappa shape index (κ2) is 9.16. The number of halogens is 1. The number of nitrogens with one attached hydrogen (secondary N) is 2. The molecule has 26 heavy (non-hydrogen) atoms. The first-order valence-corrected chi connectivity index (χ1v) is 7.61. The second-order valence-corrected chi connectivity index (χ2v) is 5.13. The normalized spacial score (nSPS) is 10.4. The van der Waals surface area contributed by atoms with E-state index in [1.807, 2.05) is 0 Å². The zero-order valence-electron chi connectivity index (χ0n) is 14.3. The quantitative estimate of drug-likeness (QED) is 0.451. The van der Waals surface area contributed by atoms with E-state index in [9.17, 15) is 14.0 Å². The van der Waals surface area contributed by atoms with E-state index in [2.05, 4.69) is 15.8 Å². The van der Waals surface area contributed by atoms with Crippen LogP contribution in [0.5, 0.6) is 11.5 Å². The molecule has 0 heterocycles. The zero-order valence-corrected chi connectivity index (χ0v) is 14.3. The van der Waals surface area contributed by atoms with Crippen LogP contribution in [0.25, 0.3) is 0 Å². The Hall–Kier alpha value is -3.42. The number of rotatable bonds is 7. The fraction of sp³-hybridized carbons (Fsp3) is 0.167. The van der Waals surface area contributed by atoms with Crippen LogP contribution in [0.15, 0.2) is 47.6 Å². The number of hydrogen-bond donors (Lipinski definition) is 2. The molecule has 0 unspecified atom stereocenters. The Kier molecular flexibility index (Phi) is 6.67. The van der Waals surface area contributed by atoms with Crippen LogP contribution in [0.4, 0.5) is 10.1 Å². The van der Waals surface area contributed by atoms with E-state index in [1.165, 1.54) is 37.6 Å². The Morgan fingerprint density at radius 3 is 2.46 bits per heavy atom. The van der Waals surface area contributed by atoms with E-state index in [-0.39, 0.29) is 0 Å². The minimum atomic E-state index is -0.589. The molecular weight excluding hydrogens is 341 g/mol. The van der Waals surface area contributed by atoms with Gasteiger partial charge in [0.05, 0.1) is 20.4 Å². The van der Waals surface area contributed by atoms with Gasteiger partial charge in [-0.1, -0.05) is 0 Å². The van der Waals surface area contributed by atoms with Gasteiger partial charge < -0.3 is 14.8 Å². The molecular formula is C18H18FN3O4. The smallest absolute Gasteiger partial charge is 0.249 e. The summed E-state index contributed by atoms with van der Waals surface area (Å²) in [5.74, 6) is -0.388. The molecule has 0 spiro atoms. The van der Waals surface area contributed by atoms with Crippen LogP contribution in [0.1, 0.15) is 12.0 Å². The third-order valence-corrected chi connectivity index (χ3v) is 3.28. The molecule has 0 fully saturated rings. The topological polar surface area (TPSA) is 89.0 Å². The Morgan fingerprint density at radius 1 is 1.08 bits per heavy atom. The number of benzene rings is 2. The van der Waals surface area contributed by atoms with Crippen molar-refractivity contribution in [3.05, 3.63) is 53.8 Å². The van der Waals surface area contributed by atoms with Gasteiger partial charge in [0.1, 0.15) is 23.7 Å². The summed E-state index contributed by atoms with van der Waals surface area (Å²) < 4.78 is 23.1. The van der Waals surface area contributed by atoms with Gasteiger partial charge in [-0.15, -0.1) is 0 Å². The number of amides is 2. The third kappa shape index (κ3) is 5.59. The summed E-state index contributed by atoms with van der Waals surface area (Å²) in [6.07, 6.45) is 0.975. The van der Waals surface area contributed by atoms with Gasteiger partial charge in [0.15, 0.2) is 0 Å². The molecule has 0 aliphatic rings. The summed E-state index contributed by atoms with van der Waals surface area (Å²) in [5, 5.41) is 6.29. The van der Waals surface area contributed by atoms with Crippen LogP contribution < -0.4 is 20.2 Å². The molecule has 2 aromatic rings. The van der Waals surface area contributed by atoms with Gasteiger partial charge >= 0.3 is 0 Å². The first-order valence-electron chi connectivity index (χ1n) is 7.61. The summed E-state index contributed by atoms with van der Waals surface area (Å²) in [6, 6.07) is 10.3. The lowest BCUT2D eigenvalue weighted by atomic mass is 10.2. The maximum absolute atomic E-state index is 12.8. The molecule has 2 aromatic carbocycles. The lowest BCUT2D eigenvalue weighted by molar-refractivity contribution is -0.126. The van der Waals surface area contributed by atoms with Crippen molar-refractivity contribution < 1.29 is 23.5 Å². The first kappa shape index (κ1) is 18.9. The molecule has 0 aliphatic heterocycles. The summed E-state index contributed by atoms with van der Waals surface area (Å²) in [7, 11) is 3.05. The maximum atomic E-state index is 12.8. The third-order valence-electron chi connectivity index (χ3n) is 3.28. The molecule has 136 valence electrons. The van der Waals surface area contributed by atoms with Crippen LogP contribution in [0, 0.1) is 5.82 Å². The predicted octanol–water partition coefficient (Wildman–Crippen LogP) is 2.32. The molecule has 0 saturated heterocycles. The molecule has 0 aliphatic carbocycles. The van der Waals surface area contributed by atoms with Crippen LogP contribution in [-0.2, 0) is 9.59 Å². The van der Waals surface area contributed by atoms with Gasteiger partial charge in [-0.3, -0.25) is 9.59 Å². The highest BCUT2D eigenvalue weighted by molar-refractivity contribution is 6.03.